The molecule has 26 heavy (non-hydrogen) atoms. The molecule has 0 fully saturated rings. The zero-order valence-corrected chi connectivity index (χ0v) is 16.6. The Labute approximate surface area is 158 Å². The number of amides is 3. The molecule has 7 nitrogen and oxygen atoms in total. The van der Waals surface area contributed by atoms with E-state index >= 15 is 0 Å². The summed E-state index contributed by atoms with van der Waals surface area (Å²) in [5.41, 5.74) is 1.73. The molecule has 0 aliphatic carbocycles. The number of rotatable bonds is 5. The van der Waals surface area contributed by atoms with Crippen LogP contribution < -0.4 is 10.6 Å². The van der Waals surface area contributed by atoms with Gasteiger partial charge in [0.15, 0.2) is 11.0 Å². The predicted octanol–water partition coefficient (Wildman–Crippen LogP) is 2.99. The number of imide groups is 1. The van der Waals surface area contributed by atoms with Crippen LogP contribution in [0.1, 0.15) is 33.3 Å². The van der Waals surface area contributed by atoms with E-state index in [2.05, 4.69) is 20.8 Å². The minimum Gasteiger partial charge on any atom is -0.333 e. The first-order chi connectivity index (χ1) is 12.2. The van der Waals surface area contributed by atoms with Gasteiger partial charge in [-0.05, 0) is 40.7 Å². The molecule has 0 radical (unpaired) electrons. The van der Waals surface area contributed by atoms with Gasteiger partial charge in [-0.15, -0.1) is 10.2 Å². The predicted molar refractivity (Wildman–Crippen MR) is 103 cm³/mol. The monoisotopic (exact) mass is 375 g/mol. The van der Waals surface area contributed by atoms with Crippen molar-refractivity contribution in [1.29, 1.82) is 0 Å². The summed E-state index contributed by atoms with van der Waals surface area (Å²) in [7, 11) is 0. The van der Waals surface area contributed by atoms with Gasteiger partial charge in [0, 0.05) is 17.6 Å². The van der Waals surface area contributed by atoms with Gasteiger partial charge in [-0.3, -0.25) is 10.1 Å². The Balaban J connectivity index is 2.02. The molecule has 2 rings (SSSR count). The Kier molecular flexibility index (Phi) is 6.42. The van der Waals surface area contributed by atoms with Crippen LogP contribution in [0, 0.1) is 6.92 Å². The van der Waals surface area contributed by atoms with Crippen LogP contribution in [0.3, 0.4) is 0 Å². The Morgan fingerprint density at radius 2 is 1.96 bits per heavy atom. The number of aromatic nitrogens is 3. The summed E-state index contributed by atoms with van der Waals surface area (Å²) in [4.78, 5) is 23.7. The van der Waals surface area contributed by atoms with Crippen molar-refractivity contribution in [2.45, 2.75) is 51.9 Å². The average molecular weight is 375 g/mol. The van der Waals surface area contributed by atoms with Gasteiger partial charge < -0.3 is 9.88 Å². The second-order valence-corrected chi connectivity index (χ2v) is 7.90. The second-order valence-electron chi connectivity index (χ2n) is 6.96. The van der Waals surface area contributed by atoms with Gasteiger partial charge in [0.25, 0.3) is 0 Å². The molecule has 140 valence electrons. The number of aryl methyl sites for hydroxylation is 1. The molecule has 0 saturated carbocycles. The molecule has 8 heteroatoms. The highest BCUT2D eigenvalue weighted by Crippen LogP contribution is 2.24. The molecule has 1 aromatic carbocycles. The van der Waals surface area contributed by atoms with Crippen LogP contribution in [-0.4, -0.2) is 38.0 Å². The summed E-state index contributed by atoms with van der Waals surface area (Å²) in [6.07, 6.45) is 0. The summed E-state index contributed by atoms with van der Waals surface area (Å²) >= 11 is 1.26. The van der Waals surface area contributed by atoms with E-state index in [1.54, 1.807) is 0 Å². The Morgan fingerprint density at radius 1 is 1.23 bits per heavy atom. The first-order valence-electron chi connectivity index (χ1n) is 8.44. The molecule has 2 aromatic rings. The van der Waals surface area contributed by atoms with E-state index in [1.807, 2.05) is 63.5 Å². The van der Waals surface area contributed by atoms with E-state index in [-0.39, 0.29) is 11.7 Å². The zero-order valence-electron chi connectivity index (χ0n) is 15.8. The van der Waals surface area contributed by atoms with Gasteiger partial charge >= 0.3 is 6.03 Å². The summed E-state index contributed by atoms with van der Waals surface area (Å²) in [6.45, 7) is 10.3. The molecule has 1 aromatic heterocycles. The Hall–Kier alpha value is -2.35. The largest absolute Gasteiger partial charge is 0.333 e. The number of hydrogen-bond donors (Lipinski definition) is 2. The number of nitrogens with one attached hydrogen (secondary N) is 2. The van der Waals surface area contributed by atoms with E-state index in [0.29, 0.717) is 11.7 Å². The lowest BCUT2D eigenvalue weighted by Crippen LogP contribution is -2.48. The minimum atomic E-state index is -0.500. The van der Waals surface area contributed by atoms with Crippen molar-refractivity contribution in [1.82, 2.24) is 25.4 Å². The quantitative estimate of drug-likeness (QED) is 0.784. The molecule has 0 aliphatic rings. The molecule has 0 atom stereocenters. The molecule has 0 saturated heterocycles. The maximum Gasteiger partial charge on any atom is 0.321 e. The molecular weight excluding hydrogens is 350 g/mol. The molecule has 1 heterocycles. The van der Waals surface area contributed by atoms with Crippen molar-refractivity contribution in [2.75, 3.05) is 5.75 Å². The highest BCUT2D eigenvalue weighted by molar-refractivity contribution is 7.99. The van der Waals surface area contributed by atoms with Crippen molar-refractivity contribution in [3.8, 4) is 11.4 Å². The summed E-state index contributed by atoms with van der Waals surface area (Å²) in [6, 6.07) is 7.54. The van der Waals surface area contributed by atoms with Crippen LogP contribution in [0.25, 0.3) is 11.4 Å². The lowest BCUT2D eigenvalue weighted by molar-refractivity contribution is -0.117. The molecule has 0 spiro atoms. The number of nitrogens with zero attached hydrogens (tertiary/aromatic N) is 3. The normalized spacial score (nSPS) is 11.3. The molecule has 2 N–H and O–H groups in total. The topological polar surface area (TPSA) is 88.9 Å². The van der Waals surface area contributed by atoms with Crippen molar-refractivity contribution in [2.24, 2.45) is 0 Å². The number of benzene rings is 1. The third kappa shape index (κ3) is 5.59. The molecular formula is C18H25N5O2S. The van der Waals surface area contributed by atoms with Gasteiger partial charge in [0.2, 0.25) is 5.91 Å². The average Bonchev–Trinajstić information content (AvgIpc) is 2.93. The first-order valence-corrected chi connectivity index (χ1v) is 9.43. The molecule has 0 bridgehead atoms. The second kappa shape index (κ2) is 8.35. The van der Waals surface area contributed by atoms with Gasteiger partial charge in [-0.2, -0.15) is 0 Å². The van der Waals surface area contributed by atoms with Crippen molar-refractivity contribution < 1.29 is 9.59 Å². The Morgan fingerprint density at radius 3 is 2.58 bits per heavy atom. The van der Waals surface area contributed by atoms with Gasteiger partial charge in [0.05, 0.1) is 5.75 Å². The third-order valence-corrected chi connectivity index (χ3v) is 4.35. The molecule has 0 unspecified atom stereocenters. The number of carbonyl (C=O) groups excluding carboxylic acids is 2. The summed E-state index contributed by atoms with van der Waals surface area (Å²) in [5, 5.41) is 14.1. The van der Waals surface area contributed by atoms with Crippen LogP contribution in [0.4, 0.5) is 4.79 Å². The fourth-order valence-electron chi connectivity index (χ4n) is 2.34. The maximum atomic E-state index is 12.0. The van der Waals surface area contributed by atoms with E-state index in [9.17, 15) is 9.59 Å². The van der Waals surface area contributed by atoms with Crippen LogP contribution in [0.2, 0.25) is 0 Å². The zero-order chi connectivity index (χ0) is 19.3. The summed E-state index contributed by atoms with van der Waals surface area (Å²) in [5.74, 6) is 0.479. The molecule has 3 amide bonds. The van der Waals surface area contributed by atoms with E-state index < -0.39 is 11.6 Å². The summed E-state index contributed by atoms with van der Waals surface area (Å²) < 4.78 is 1.96. The van der Waals surface area contributed by atoms with Crippen LogP contribution in [-0.2, 0) is 11.3 Å². The lowest BCUT2D eigenvalue weighted by atomic mass is 10.1. The van der Waals surface area contributed by atoms with Gasteiger partial charge in [-0.25, -0.2) is 4.79 Å². The lowest BCUT2D eigenvalue weighted by Gasteiger charge is -2.20. The van der Waals surface area contributed by atoms with Crippen LogP contribution in [0.15, 0.2) is 29.4 Å². The van der Waals surface area contributed by atoms with E-state index in [0.717, 1.165) is 17.0 Å². The SMILES string of the molecule is CCn1c(SCC(=O)NC(=O)NC(C)(C)C)nnc1-c1cccc(C)c1. The first kappa shape index (κ1) is 20.0. The van der Waals surface area contributed by atoms with Gasteiger partial charge in [0.1, 0.15) is 0 Å². The highest BCUT2D eigenvalue weighted by atomic mass is 32.2. The number of thioether (sulfide) groups is 1. The van der Waals surface area contributed by atoms with Crippen LogP contribution >= 0.6 is 11.8 Å². The fourth-order valence-corrected chi connectivity index (χ4v) is 3.15. The van der Waals surface area contributed by atoms with Crippen molar-refractivity contribution in [3.05, 3.63) is 29.8 Å². The van der Waals surface area contributed by atoms with Gasteiger partial charge in [-0.1, -0.05) is 35.5 Å². The standard InChI is InChI=1S/C18H25N5O2S/c1-6-23-15(13-9-7-8-12(2)10-13)21-22-17(23)26-11-14(24)19-16(25)20-18(3,4)5/h7-10H,6,11H2,1-5H3,(H2,19,20,24,25). The number of carbonyl (C=O) groups is 2. The molecule has 0 aliphatic heterocycles. The van der Waals surface area contributed by atoms with E-state index in [4.69, 9.17) is 0 Å². The van der Waals surface area contributed by atoms with E-state index in [1.165, 1.54) is 11.8 Å². The minimum absolute atomic E-state index is 0.0868. The Bertz CT molecular complexity index is 795. The number of hydrogen-bond acceptors (Lipinski definition) is 5. The van der Waals surface area contributed by atoms with Crippen LogP contribution in [0.5, 0.6) is 0 Å². The van der Waals surface area contributed by atoms with Crippen molar-refractivity contribution >= 4 is 23.7 Å². The number of urea groups is 1. The fraction of sp³-hybridized carbons (Fsp3) is 0.444. The smallest absolute Gasteiger partial charge is 0.321 e. The highest BCUT2D eigenvalue weighted by Gasteiger charge is 2.18. The third-order valence-electron chi connectivity index (χ3n) is 3.38. The maximum absolute atomic E-state index is 12.0. The van der Waals surface area contributed by atoms with Crippen molar-refractivity contribution in [3.63, 3.8) is 0 Å².